The van der Waals surface area contributed by atoms with E-state index in [4.69, 9.17) is 17.0 Å². The van der Waals surface area contributed by atoms with Gasteiger partial charge in [0.2, 0.25) is 10.0 Å². The molecule has 0 bridgehead atoms. The molecule has 9 nitrogen and oxygen atoms in total. The third-order valence-electron chi connectivity index (χ3n) is 5.03. The average Bonchev–Trinajstić information content (AvgIpc) is 3.43. The summed E-state index contributed by atoms with van der Waals surface area (Å²) in [6, 6.07) is 10.1. The zero-order valence-corrected chi connectivity index (χ0v) is 21.2. The van der Waals surface area contributed by atoms with Gasteiger partial charge in [0.25, 0.3) is 11.1 Å². The molecule has 34 heavy (non-hydrogen) atoms. The van der Waals surface area contributed by atoms with Gasteiger partial charge in [-0.1, -0.05) is 6.07 Å². The molecule has 0 spiro atoms. The number of thioether (sulfide) groups is 1. The summed E-state index contributed by atoms with van der Waals surface area (Å²) in [5, 5.41) is 7.83. The Labute approximate surface area is 211 Å². The van der Waals surface area contributed by atoms with Gasteiger partial charge >= 0.3 is 0 Å². The minimum Gasteiger partial charge on any atom is -0.379 e. The van der Waals surface area contributed by atoms with Crippen LogP contribution >= 0.6 is 35.3 Å². The SMILES string of the molecule is O=C1S/C(=C/c2cccs2)C(=O)N1CCNC(=S)Nc1ccc(S(=O)(=O)N2CCOCC2)cc1. The van der Waals surface area contributed by atoms with E-state index in [0.717, 1.165) is 16.6 Å². The first-order valence-electron chi connectivity index (χ1n) is 10.4. The van der Waals surface area contributed by atoms with Crippen LogP contribution in [-0.4, -0.2) is 73.3 Å². The highest BCUT2D eigenvalue weighted by atomic mass is 32.2. The fourth-order valence-electron chi connectivity index (χ4n) is 3.30. The lowest BCUT2D eigenvalue weighted by atomic mass is 10.3. The molecule has 0 unspecified atom stereocenters. The Morgan fingerprint density at radius 3 is 2.56 bits per heavy atom. The second-order valence-electron chi connectivity index (χ2n) is 7.27. The van der Waals surface area contributed by atoms with Crippen LogP contribution in [0, 0.1) is 0 Å². The van der Waals surface area contributed by atoms with E-state index in [1.807, 2.05) is 17.5 Å². The van der Waals surface area contributed by atoms with Crippen molar-refractivity contribution >= 4 is 73.4 Å². The van der Waals surface area contributed by atoms with Crippen LogP contribution in [0.3, 0.4) is 0 Å². The highest BCUT2D eigenvalue weighted by Gasteiger charge is 2.34. The van der Waals surface area contributed by atoms with Crippen LogP contribution in [0.1, 0.15) is 4.88 Å². The zero-order valence-electron chi connectivity index (χ0n) is 17.9. The Morgan fingerprint density at radius 1 is 1.15 bits per heavy atom. The van der Waals surface area contributed by atoms with Gasteiger partial charge in [-0.05, 0) is 65.8 Å². The molecule has 13 heteroatoms. The number of carbonyl (C=O) groups is 2. The Hall–Kier alpha value is -2.29. The molecule has 180 valence electrons. The number of sulfonamides is 1. The van der Waals surface area contributed by atoms with E-state index in [2.05, 4.69) is 10.6 Å². The number of carbonyl (C=O) groups excluding carboxylic acids is 2. The summed E-state index contributed by atoms with van der Waals surface area (Å²) >= 11 is 7.70. The topological polar surface area (TPSA) is 108 Å². The molecule has 1 aromatic heterocycles. The number of nitrogens with zero attached hydrogens (tertiary/aromatic N) is 2. The molecular formula is C21H22N4O5S4. The molecule has 0 aliphatic carbocycles. The summed E-state index contributed by atoms with van der Waals surface area (Å²) < 4.78 is 32.0. The van der Waals surface area contributed by atoms with E-state index in [1.54, 1.807) is 18.2 Å². The van der Waals surface area contributed by atoms with Crippen LogP contribution in [0.15, 0.2) is 51.6 Å². The second-order valence-corrected chi connectivity index (χ2v) is 11.6. The lowest BCUT2D eigenvalue weighted by Gasteiger charge is -2.26. The highest BCUT2D eigenvalue weighted by molar-refractivity contribution is 8.18. The van der Waals surface area contributed by atoms with E-state index in [-0.39, 0.29) is 29.1 Å². The fourth-order valence-corrected chi connectivity index (χ4v) is 6.51. The molecule has 0 atom stereocenters. The number of thiocarbonyl (C=S) groups is 1. The van der Waals surface area contributed by atoms with Gasteiger partial charge in [-0.3, -0.25) is 14.5 Å². The molecule has 4 rings (SSSR count). The first kappa shape index (κ1) is 24.8. The molecule has 2 fully saturated rings. The Kier molecular flexibility index (Phi) is 8.01. The van der Waals surface area contributed by atoms with Crippen LogP contribution in [0.25, 0.3) is 6.08 Å². The van der Waals surface area contributed by atoms with Gasteiger partial charge in [-0.25, -0.2) is 8.42 Å². The molecule has 0 saturated carbocycles. The normalized spacial score (nSPS) is 18.5. The molecule has 2 amide bonds. The molecule has 2 N–H and O–H groups in total. The number of morpholine rings is 1. The lowest BCUT2D eigenvalue weighted by molar-refractivity contribution is -0.122. The number of hydrogen-bond acceptors (Lipinski definition) is 8. The second kappa shape index (κ2) is 11.0. The maximum Gasteiger partial charge on any atom is 0.293 e. The van der Waals surface area contributed by atoms with Crippen molar-refractivity contribution in [2.75, 3.05) is 44.7 Å². The smallest absolute Gasteiger partial charge is 0.293 e. The van der Waals surface area contributed by atoms with Gasteiger partial charge in [-0.2, -0.15) is 4.31 Å². The Bertz CT molecular complexity index is 1190. The predicted molar refractivity (Wildman–Crippen MR) is 137 cm³/mol. The molecule has 2 aliphatic rings. The first-order valence-corrected chi connectivity index (χ1v) is 13.9. The summed E-state index contributed by atoms with van der Waals surface area (Å²) in [4.78, 5) is 27.4. The van der Waals surface area contributed by atoms with Crippen LogP contribution < -0.4 is 10.6 Å². The molecule has 3 heterocycles. The highest BCUT2D eigenvalue weighted by Crippen LogP contribution is 2.32. The van der Waals surface area contributed by atoms with Gasteiger partial charge in [0.15, 0.2) is 5.11 Å². The van der Waals surface area contributed by atoms with Crippen molar-refractivity contribution in [3.05, 3.63) is 51.6 Å². The van der Waals surface area contributed by atoms with Crippen molar-refractivity contribution in [1.29, 1.82) is 0 Å². The molecule has 2 saturated heterocycles. The number of hydrogen-bond donors (Lipinski definition) is 2. The zero-order chi connectivity index (χ0) is 24.1. The quantitative estimate of drug-likeness (QED) is 0.406. The molecule has 1 aromatic carbocycles. The number of amides is 2. The van der Waals surface area contributed by atoms with E-state index in [1.165, 1.54) is 32.7 Å². The number of imide groups is 1. The van der Waals surface area contributed by atoms with E-state index < -0.39 is 10.0 Å². The summed E-state index contributed by atoms with van der Waals surface area (Å²) in [5.74, 6) is -0.318. The number of ether oxygens (including phenoxy) is 1. The average molecular weight is 539 g/mol. The standard InChI is InChI=1S/C21H22N4O5S4/c26-19-18(14-16-2-1-13-32-16)33-21(27)25(19)8-7-22-20(31)23-15-3-5-17(6-4-15)34(28,29)24-9-11-30-12-10-24/h1-6,13-14H,7-12H2,(H2,22,23,31)/b18-14+. The van der Waals surface area contributed by atoms with Crippen LogP contribution in [0.2, 0.25) is 0 Å². The predicted octanol–water partition coefficient (Wildman–Crippen LogP) is 2.79. The van der Waals surface area contributed by atoms with Crippen molar-refractivity contribution < 1.29 is 22.7 Å². The van der Waals surface area contributed by atoms with Gasteiger partial charge in [-0.15, -0.1) is 11.3 Å². The lowest BCUT2D eigenvalue weighted by Crippen LogP contribution is -2.40. The number of thiophene rings is 1. The van der Waals surface area contributed by atoms with E-state index in [0.29, 0.717) is 42.0 Å². The van der Waals surface area contributed by atoms with Crippen LogP contribution in [0.5, 0.6) is 0 Å². The fraction of sp³-hybridized carbons (Fsp3) is 0.286. The van der Waals surface area contributed by atoms with Gasteiger partial charge < -0.3 is 15.4 Å². The maximum atomic E-state index is 12.7. The summed E-state index contributed by atoms with van der Waals surface area (Å²) in [5.41, 5.74) is 0.614. The van der Waals surface area contributed by atoms with Crippen molar-refractivity contribution in [2.24, 2.45) is 0 Å². The van der Waals surface area contributed by atoms with Gasteiger partial charge in [0.1, 0.15) is 0 Å². The number of benzene rings is 1. The number of nitrogens with one attached hydrogen (secondary N) is 2. The molecule has 2 aromatic rings. The van der Waals surface area contributed by atoms with Crippen LogP contribution in [0.4, 0.5) is 10.5 Å². The molecule has 2 aliphatic heterocycles. The van der Waals surface area contributed by atoms with Crippen molar-refractivity contribution in [1.82, 2.24) is 14.5 Å². The van der Waals surface area contributed by atoms with Gasteiger partial charge in [0, 0.05) is 36.7 Å². The monoisotopic (exact) mass is 538 g/mol. The Morgan fingerprint density at radius 2 is 1.88 bits per heavy atom. The third-order valence-corrected chi connectivity index (χ3v) is 8.92. The van der Waals surface area contributed by atoms with Crippen molar-refractivity contribution in [3.8, 4) is 0 Å². The van der Waals surface area contributed by atoms with E-state index in [9.17, 15) is 18.0 Å². The summed E-state index contributed by atoms with van der Waals surface area (Å²) in [7, 11) is -3.56. The molecular weight excluding hydrogens is 517 g/mol. The van der Waals surface area contributed by atoms with E-state index >= 15 is 0 Å². The third kappa shape index (κ3) is 5.85. The van der Waals surface area contributed by atoms with Gasteiger partial charge in [0.05, 0.1) is 23.0 Å². The molecule has 0 radical (unpaired) electrons. The minimum atomic E-state index is -3.56. The number of anilines is 1. The Balaban J connectivity index is 1.26. The first-order chi connectivity index (χ1) is 16.3. The maximum absolute atomic E-state index is 12.7. The minimum absolute atomic E-state index is 0.172. The summed E-state index contributed by atoms with van der Waals surface area (Å²) in [6.45, 7) is 1.89. The summed E-state index contributed by atoms with van der Waals surface area (Å²) in [6.07, 6.45) is 1.72. The van der Waals surface area contributed by atoms with Crippen LogP contribution in [-0.2, 0) is 19.6 Å². The van der Waals surface area contributed by atoms with Crippen molar-refractivity contribution in [2.45, 2.75) is 4.90 Å². The number of rotatable bonds is 7. The largest absolute Gasteiger partial charge is 0.379 e. The van der Waals surface area contributed by atoms with Crippen molar-refractivity contribution in [3.63, 3.8) is 0 Å².